The number of para-hydroxylation sites is 1. The van der Waals surface area contributed by atoms with Gasteiger partial charge in [0, 0.05) is 13.6 Å². The number of benzene rings is 2. The minimum Gasteiger partial charge on any atom is -0.398 e. The fourth-order valence-electron chi connectivity index (χ4n) is 1.81. The van der Waals surface area contributed by atoms with Crippen molar-refractivity contribution in [3.63, 3.8) is 0 Å². The molecular weight excluding hydrogens is 260 g/mol. The molecule has 0 fully saturated rings. The molecule has 0 aromatic heterocycles. The molecule has 0 spiro atoms. The summed E-state index contributed by atoms with van der Waals surface area (Å²) in [5.41, 5.74) is 6.93. The molecule has 2 N–H and O–H groups in total. The molecule has 0 aliphatic carbocycles. The normalized spacial score (nSPS) is 11.7. The molecule has 0 atom stereocenters. The van der Waals surface area contributed by atoms with Gasteiger partial charge >= 0.3 is 0 Å². The van der Waals surface area contributed by atoms with E-state index in [0.29, 0.717) is 6.54 Å². The Bertz CT molecular complexity index is 654. The lowest BCUT2D eigenvalue weighted by atomic mass is 10.2. The van der Waals surface area contributed by atoms with Crippen LogP contribution in [-0.2, 0) is 16.6 Å². The molecular formula is C14H16N2O2S. The summed E-state index contributed by atoms with van der Waals surface area (Å²) in [5.74, 6) is 0. The van der Waals surface area contributed by atoms with E-state index in [1.807, 2.05) is 30.3 Å². The van der Waals surface area contributed by atoms with Crippen molar-refractivity contribution in [2.24, 2.45) is 0 Å². The van der Waals surface area contributed by atoms with Gasteiger partial charge in [0.25, 0.3) is 0 Å². The molecule has 2 aromatic carbocycles. The molecule has 2 rings (SSSR count). The lowest BCUT2D eigenvalue weighted by Crippen LogP contribution is -2.27. The van der Waals surface area contributed by atoms with Crippen LogP contribution in [0.3, 0.4) is 0 Å². The quantitative estimate of drug-likeness (QED) is 0.870. The Balaban J connectivity index is 2.28. The van der Waals surface area contributed by atoms with E-state index in [-0.39, 0.29) is 10.6 Å². The SMILES string of the molecule is CN(Cc1ccccc1)S(=O)(=O)c1ccccc1N. The maximum atomic E-state index is 12.4. The number of nitrogen functional groups attached to an aromatic ring is 1. The molecule has 0 bridgehead atoms. The van der Waals surface area contributed by atoms with Crippen LogP contribution in [0.2, 0.25) is 0 Å². The minimum atomic E-state index is -3.56. The molecule has 0 heterocycles. The third-order valence-corrected chi connectivity index (χ3v) is 4.73. The van der Waals surface area contributed by atoms with E-state index in [4.69, 9.17) is 5.73 Å². The number of hydrogen-bond acceptors (Lipinski definition) is 3. The highest BCUT2D eigenvalue weighted by atomic mass is 32.2. The Morgan fingerprint density at radius 2 is 1.58 bits per heavy atom. The summed E-state index contributed by atoms with van der Waals surface area (Å²) < 4.78 is 26.1. The van der Waals surface area contributed by atoms with Crippen molar-refractivity contribution in [2.75, 3.05) is 12.8 Å². The molecule has 0 unspecified atom stereocenters. The summed E-state index contributed by atoms with van der Waals surface area (Å²) in [7, 11) is -2.01. The summed E-state index contributed by atoms with van der Waals surface area (Å²) in [4.78, 5) is 0.147. The Hall–Kier alpha value is -1.85. The van der Waals surface area contributed by atoms with Gasteiger partial charge in [-0.05, 0) is 17.7 Å². The fourth-order valence-corrected chi connectivity index (χ4v) is 3.08. The highest BCUT2D eigenvalue weighted by Crippen LogP contribution is 2.22. The van der Waals surface area contributed by atoms with Crippen molar-refractivity contribution in [1.82, 2.24) is 4.31 Å². The number of nitrogens with two attached hydrogens (primary N) is 1. The van der Waals surface area contributed by atoms with Gasteiger partial charge in [-0.3, -0.25) is 0 Å². The maximum Gasteiger partial charge on any atom is 0.245 e. The van der Waals surface area contributed by atoms with E-state index in [9.17, 15) is 8.42 Å². The number of anilines is 1. The van der Waals surface area contributed by atoms with Crippen LogP contribution >= 0.6 is 0 Å². The first-order chi connectivity index (χ1) is 9.01. The van der Waals surface area contributed by atoms with Crippen molar-refractivity contribution >= 4 is 15.7 Å². The topological polar surface area (TPSA) is 63.4 Å². The van der Waals surface area contributed by atoms with Crippen molar-refractivity contribution in [3.8, 4) is 0 Å². The molecule has 2 aromatic rings. The number of hydrogen-bond donors (Lipinski definition) is 1. The van der Waals surface area contributed by atoms with Gasteiger partial charge in [-0.1, -0.05) is 42.5 Å². The molecule has 0 saturated heterocycles. The zero-order valence-corrected chi connectivity index (χ0v) is 11.5. The molecule has 0 aliphatic rings. The highest BCUT2D eigenvalue weighted by molar-refractivity contribution is 7.89. The molecule has 0 amide bonds. The lowest BCUT2D eigenvalue weighted by Gasteiger charge is -2.18. The van der Waals surface area contributed by atoms with Crippen LogP contribution in [0.1, 0.15) is 5.56 Å². The van der Waals surface area contributed by atoms with Crippen LogP contribution in [0, 0.1) is 0 Å². The van der Waals surface area contributed by atoms with Crippen molar-refractivity contribution in [2.45, 2.75) is 11.4 Å². The Morgan fingerprint density at radius 3 is 2.21 bits per heavy atom. The van der Waals surface area contributed by atoms with Gasteiger partial charge in [-0.25, -0.2) is 8.42 Å². The van der Waals surface area contributed by atoms with Crippen molar-refractivity contribution < 1.29 is 8.42 Å². The summed E-state index contributed by atoms with van der Waals surface area (Å²) in [6, 6.07) is 15.9. The van der Waals surface area contributed by atoms with E-state index < -0.39 is 10.0 Å². The lowest BCUT2D eigenvalue weighted by molar-refractivity contribution is 0.467. The van der Waals surface area contributed by atoms with E-state index >= 15 is 0 Å². The summed E-state index contributed by atoms with van der Waals surface area (Å²) in [5, 5.41) is 0. The predicted molar refractivity (Wildman–Crippen MR) is 75.9 cm³/mol. The van der Waals surface area contributed by atoms with Crippen molar-refractivity contribution in [3.05, 3.63) is 60.2 Å². The summed E-state index contributed by atoms with van der Waals surface area (Å²) in [6.45, 7) is 0.317. The van der Waals surface area contributed by atoms with Crippen molar-refractivity contribution in [1.29, 1.82) is 0 Å². The van der Waals surface area contributed by atoms with Crippen LogP contribution < -0.4 is 5.73 Å². The zero-order valence-electron chi connectivity index (χ0n) is 10.7. The molecule has 100 valence electrons. The minimum absolute atomic E-state index is 0.147. The largest absolute Gasteiger partial charge is 0.398 e. The van der Waals surface area contributed by atoms with E-state index in [2.05, 4.69) is 0 Å². The molecule has 0 saturated carbocycles. The standard InChI is InChI=1S/C14H16N2O2S/c1-16(11-12-7-3-2-4-8-12)19(17,18)14-10-6-5-9-13(14)15/h2-10H,11,15H2,1H3. The van der Waals surface area contributed by atoms with Gasteiger partial charge in [0.1, 0.15) is 4.90 Å². The molecule has 5 heteroatoms. The summed E-state index contributed by atoms with van der Waals surface area (Å²) in [6.07, 6.45) is 0. The number of rotatable bonds is 4. The van der Waals surface area contributed by atoms with Gasteiger partial charge in [0.15, 0.2) is 0 Å². The highest BCUT2D eigenvalue weighted by Gasteiger charge is 2.22. The van der Waals surface area contributed by atoms with Crippen LogP contribution in [0.5, 0.6) is 0 Å². The summed E-state index contributed by atoms with van der Waals surface area (Å²) >= 11 is 0. The van der Waals surface area contributed by atoms with Crippen LogP contribution in [0.4, 0.5) is 5.69 Å². The predicted octanol–water partition coefficient (Wildman–Crippen LogP) is 2.09. The van der Waals surface area contributed by atoms with Crippen LogP contribution in [0.25, 0.3) is 0 Å². The number of sulfonamides is 1. The molecule has 0 radical (unpaired) electrons. The second-order valence-electron chi connectivity index (χ2n) is 4.28. The first-order valence-corrected chi connectivity index (χ1v) is 7.30. The number of nitrogens with zero attached hydrogens (tertiary/aromatic N) is 1. The van der Waals surface area contributed by atoms with Crippen LogP contribution in [0.15, 0.2) is 59.5 Å². The second-order valence-corrected chi connectivity index (χ2v) is 6.30. The molecule has 4 nitrogen and oxygen atoms in total. The third kappa shape index (κ3) is 2.94. The van der Waals surface area contributed by atoms with Gasteiger partial charge in [0.2, 0.25) is 10.0 Å². The van der Waals surface area contributed by atoms with Crippen LogP contribution in [-0.4, -0.2) is 19.8 Å². The Labute approximate surface area is 113 Å². The monoisotopic (exact) mass is 276 g/mol. The van der Waals surface area contributed by atoms with E-state index in [1.54, 1.807) is 25.2 Å². The van der Waals surface area contributed by atoms with Gasteiger partial charge in [-0.2, -0.15) is 4.31 Å². The van der Waals surface area contributed by atoms with E-state index in [0.717, 1.165) is 5.56 Å². The molecule has 0 aliphatic heterocycles. The smallest absolute Gasteiger partial charge is 0.245 e. The average molecular weight is 276 g/mol. The average Bonchev–Trinajstić information content (AvgIpc) is 2.40. The zero-order chi connectivity index (χ0) is 13.9. The Kier molecular flexibility index (Phi) is 3.87. The van der Waals surface area contributed by atoms with Gasteiger partial charge in [-0.15, -0.1) is 0 Å². The third-order valence-electron chi connectivity index (χ3n) is 2.86. The first kappa shape index (κ1) is 13.6. The van der Waals surface area contributed by atoms with Gasteiger partial charge < -0.3 is 5.73 Å². The first-order valence-electron chi connectivity index (χ1n) is 5.86. The van der Waals surface area contributed by atoms with Gasteiger partial charge in [0.05, 0.1) is 5.69 Å². The van der Waals surface area contributed by atoms with E-state index in [1.165, 1.54) is 10.4 Å². The second kappa shape index (κ2) is 5.42. The Morgan fingerprint density at radius 1 is 1.00 bits per heavy atom. The maximum absolute atomic E-state index is 12.4. The molecule has 19 heavy (non-hydrogen) atoms. The fraction of sp³-hybridized carbons (Fsp3) is 0.143.